The smallest absolute Gasteiger partial charge is 0.330 e. The van der Waals surface area contributed by atoms with Crippen molar-refractivity contribution >= 4 is 42.5 Å². The zero-order chi connectivity index (χ0) is 40.2. The van der Waals surface area contributed by atoms with Gasteiger partial charge in [-0.2, -0.15) is 4.98 Å². The second kappa shape index (κ2) is 20.2. The average Bonchev–Trinajstić information content (AvgIpc) is 3.13. The number of nitrogens with zero attached hydrogens (tertiary/aromatic N) is 3. The van der Waals surface area contributed by atoms with Crippen LogP contribution in [-0.2, 0) is 38.7 Å². The molecule has 0 spiro atoms. The minimum absolute atomic E-state index is 0.0805. The summed E-state index contributed by atoms with van der Waals surface area (Å²) in [6, 6.07) is 6.06. The monoisotopic (exact) mass is 812 g/mol. The minimum atomic E-state index is -3.07. The highest BCUT2D eigenvalue weighted by atomic mass is 32.2. The fourth-order valence-electron chi connectivity index (χ4n) is 6.16. The van der Waals surface area contributed by atoms with Gasteiger partial charge in [0.05, 0.1) is 59.8 Å². The zero-order valence-electron chi connectivity index (χ0n) is 31.8. The van der Waals surface area contributed by atoms with Gasteiger partial charge >= 0.3 is 5.97 Å². The Bertz CT molecular complexity index is 2000. The maximum Gasteiger partial charge on any atom is 0.330 e. The van der Waals surface area contributed by atoms with Gasteiger partial charge in [0, 0.05) is 31.4 Å². The first-order chi connectivity index (χ1) is 26.2. The number of hydrogen-bond donors (Lipinski definition) is 1. The van der Waals surface area contributed by atoms with Crippen LogP contribution in [0.2, 0.25) is 0 Å². The number of aromatic nitrogens is 3. The van der Waals surface area contributed by atoms with Crippen molar-refractivity contribution in [1.29, 1.82) is 0 Å². The third-order valence-corrected chi connectivity index (χ3v) is 12.4. The van der Waals surface area contributed by atoms with Gasteiger partial charge in [0.15, 0.2) is 15.5 Å². The normalized spacial score (nSPS) is 17.2. The number of anilines is 1. The largest absolute Gasteiger partial charge is 0.490 e. The van der Waals surface area contributed by atoms with Crippen LogP contribution in [0.4, 0.5) is 14.6 Å². The van der Waals surface area contributed by atoms with Crippen LogP contribution in [0.5, 0.6) is 11.6 Å². The Morgan fingerprint density at radius 2 is 1.53 bits per heavy atom. The van der Waals surface area contributed by atoms with E-state index in [1.165, 1.54) is 19.3 Å². The molecule has 14 nitrogen and oxygen atoms in total. The van der Waals surface area contributed by atoms with E-state index in [1.54, 1.807) is 33.1 Å². The second-order valence-corrected chi connectivity index (χ2v) is 17.7. The summed E-state index contributed by atoms with van der Waals surface area (Å²) in [4.78, 5) is 24.9. The lowest BCUT2D eigenvalue weighted by Gasteiger charge is -2.25. The molecule has 18 heteroatoms. The molecule has 1 atom stereocenters. The molecule has 2 aliphatic rings. The van der Waals surface area contributed by atoms with Crippen LogP contribution in [0, 0.1) is 6.92 Å². The van der Waals surface area contributed by atoms with Crippen LogP contribution >= 0.6 is 0 Å². The molecule has 2 fully saturated rings. The Labute approximate surface area is 321 Å². The topological polar surface area (TPSA) is 182 Å². The molecule has 0 saturated carbocycles. The lowest BCUT2D eigenvalue weighted by Crippen LogP contribution is -2.23. The molecule has 5 rings (SSSR count). The lowest BCUT2D eigenvalue weighted by molar-refractivity contribution is -0.137. The summed E-state index contributed by atoms with van der Waals surface area (Å²) < 4.78 is 101. The van der Waals surface area contributed by atoms with Gasteiger partial charge in [0.25, 0.3) is 6.43 Å². The Hall–Kier alpha value is -4.00. The standard InChI is InChI=1S/C28H36F2N4O6S.C9H14O4S/c1-17(20-6-5-7-21(25(29)30)24(20)39-12-10-37-3)31-26-23-16-22(19-8-14-41(35,36)15-9-19)28(40-13-11-38-4)34-27(23)33-18(2)32-26;1-2-13-9(10)7-8-3-5-14(11,12)6-4-8/h5-7,16-17,19,25H,8-15H2,1-4H3,(H,31,32,33,34);7H,2-6H2,1H3/t17-;/m1./s1. The van der Waals surface area contributed by atoms with Crippen LogP contribution < -0.4 is 14.8 Å². The van der Waals surface area contributed by atoms with E-state index in [0.717, 1.165) is 11.1 Å². The van der Waals surface area contributed by atoms with E-state index in [0.29, 0.717) is 73.0 Å². The number of allylic oxidation sites excluding steroid dienone is 1. The minimum Gasteiger partial charge on any atom is -0.490 e. The van der Waals surface area contributed by atoms with Gasteiger partial charge < -0.3 is 29.0 Å². The molecule has 304 valence electrons. The third-order valence-electron chi connectivity index (χ3n) is 9.05. The van der Waals surface area contributed by atoms with Crippen molar-refractivity contribution in [3.05, 3.63) is 58.4 Å². The summed E-state index contributed by atoms with van der Waals surface area (Å²) in [5.74, 6) is 1.43. The summed E-state index contributed by atoms with van der Waals surface area (Å²) in [7, 11) is -2.84. The number of benzene rings is 1. The summed E-state index contributed by atoms with van der Waals surface area (Å²) in [6.07, 6.45) is 0.514. The van der Waals surface area contributed by atoms with Crippen molar-refractivity contribution in [3.8, 4) is 11.6 Å². The number of hydrogen-bond acceptors (Lipinski definition) is 14. The molecule has 2 aromatic heterocycles. The highest BCUT2D eigenvalue weighted by molar-refractivity contribution is 7.91. The van der Waals surface area contributed by atoms with Crippen molar-refractivity contribution < 1.29 is 54.1 Å². The molecule has 0 bridgehead atoms. The van der Waals surface area contributed by atoms with E-state index >= 15 is 0 Å². The first kappa shape index (κ1) is 43.7. The van der Waals surface area contributed by atoms with Gasteiger partial charge in [0.2, 0.25) is 5.88 Å². The number of carbonyl (C=O) groups excluding carboxylic acids is 1. The van der Waals surface area contributed by atoms with Gasteiger partial charge in [0.1, 0.15) is 40.4 Å². The van der Waals surface area contributed by atoms with Crippen LogP contribution in [0.25, 0.3) is 11.0 Å². The molecule has 1 aromatic carbocycles. The number of methoxy groups -OCH3 is 2. The first-order valence-electron chi connectivity index (χ1n) is 18.0. The lowest BCUT2D eigenvalue weighted by atomic mass is 9.93. The van der Waals surface area contributed by atoms with Crippen molar-refractivity contribution in [2.45, 2.75) is 64.8 Å². The number of pyridine rings is 1. The van der Waals surface area contributed by atoms with E-state index in [4.69, 9.17) is 28.7 Å². The predicted molar refractivity (Wildman–Crippen MR) is 203 cm³/mol. The SMILES string of the molecule is CCOC(=O)C=C1CCS(=O)(=O)CC1.COCCOc1nc2nc(C)nc(N[C@H](C)c3cccc(C(F)F)c3OCCOC)c2cc1C1CCS(=O)(=O)CC1. The summed E-state index contributed by atoms with van der Waals surface area (Å²) in [5.41, 5.74) is 2.37. The summed E-state index contributed by atoms with van der Waals surface area (Å²) in [6.45, 7) is 6.65. The average molecular weight is 813 g/mol. The Morgan fingerprint density at radius 1 is 0.909 bits per heavy atom. The van der Waals surface area contributed by atoms with Gasteiger partial charge in [-0.15, -0.1) is 0 Å². The third kappa shape index (κ3) is 12.8. The number of aryl methyl sites for hydroxylation is 1. The number of fused-ring (bicyclic) bond motifs is 1. The number of nitrogens with one attached hydrogen (secondary N) is 1. The molecular weight excluding hydrogens is 763 g/mol. The van der Waals surface area contributed by atoms with E-state index < -0.39 is 32.1 Å². The Balaban J connectivity index is 0.000000404. The molecule has 0 unspecified atom stereocenters. The molecule has 4 heterocycles. The number of ether oxygens (including phenoxy) is 5. The molecule has 0 aliphatic carbocycles. The van der Waals surface area contributed by atoms with Crippen molar-refractivity contribution in [2.75, 3.05) is 75.6 Å². The Kier molecular flexibility index (Phi) is 16.1. The summed E-state index contributed by atoms with van der Waals surface area (Å²) >= 11 is 0. The number of halogens is 2. The summed E-state index contributed by atoms with van der Waals surface area (Å²) in [5, 5.41) is 3.96. The first-order valence-corrected chi connectivity index (χ1v) is 21.7. The van der Waals surface area contributed by atoms with Crippen molar-refractivity contribution in [1.82, 2.24) is 15.0 Å². The quantitative estimate of drug-likeness (QED) is 0.116. The highest BCUT2D eigenvalue weighted by Gasteiger charge is 2.29. The highest BCUT2D eigenvalue weighted by Crippen LogP contribution is 2.39. The van der Waals surface area contributed by atoms with E-state index in [2.05, 4.69) is 15.3 Å². The van der Waals surface area contributed by atoms with Gasteiger partial charge in [-0.1, -0.05) is 17.7 Å². The fourth-order valence-corrected chi connectivity index (χ4v) is 9.00. The molecule has 1 N–H and O–H groups in total. The maximum absolute atomic E-state index is 13.9. The van der Waals surface area contributed by atoms with Crippen LogP contribution in [0.1, 0.15) is 80.4 Å². The molecule has 55 heavy (non-hydrogen) atoms. The number of alkyl halides is 2. The van der Waals surface area contributed by atoms with Crippen molar-refractivity contribution in [3.63, 3.8) is 0 Å². The maximum atomic E-state index is 13.9. The second-order valence-electron chi connectivity index (χ2n) is 13.1. The molecule has 0 radical (unpaired) electrons. The zero-order valence-corrected chi connectivity index (χ0v) is 33.4. The van der Waals surface area contributed by atoms with E-state index in [1.807, 2.05) is 13.0 Å². The van der Waals surface area contributed by atoms with Gasteiger partial charge in [-0.05, 0) is 64.5 Å². The van der Waals surface area contributed by atoms with Crippen LogP contribution in [-0.4, -0.2) is 108 Å². The number of rotatable bonds is 15. The molecule has 2 aliphatic heterocycles. The van der Waals surface area contributed by atoms with Gasteiger partial charge in [-0.25, -0.2) is 40.4 Å². The predicted octanol–water partition coefficient (Wildman–Crippen LogP) is 5.47. The molecular formula is C37H50F2N4O10S2. The number of esters is 1. The molecule has 3 aromatic rings. The Morgan fingerprint density at radius 3 is 2.15 bits per heavy atom. The van der Waals surface area contributed by atoms with Crippen LogP contribution in [0.3, 0.4) is 0 Å². The number of para-hydroxylation sites is 1. The number of sulfone groups is 2. The van der Waals surface area contributed by atoms with Crippen LogP contribution in [0.15, 0.2) is 35.9 Å². The fraction of sp³-hybridized carbons (Fsp3) is 0.568. The molecule has 2 saturated heterocycles. The van der Waals surface area contributed by atoms with E-state index in [-0.39, 0.29) is 66.0 Å². The molecule has 0 amide bonds. The number of carbonyl (C=O) groups is 1. The van der Waals surface area contributed by atoms with Gasteiger partial charge in [-0.3, -0.25) is 0 Å². The van der Waals surface area contributed by atoms with Crippen molar-refractivity contribution in [2.24, 2.45) is 0 Å². The van der Waals surface area contributed by atoms with E-state index in [9.17, 15) is 30.4 Å².